The van der Waals surface area contributed by atoms with Crippen LogP contribution in [0.5, 0.6) is 0 Å². The van der Waals surface area contributed by atoms with Crippen molar-refractivity contribution in [1.82, 2.24) is 5.32 Å². The van der Waals surface area contributed by atoms with E-state index in [0.29, 0.717) is 6.42 Å². The van der Waals surface area contributed by atoms with Gasteiger partial charge in [-0.05, 0) is 33.6 Å². The molecular formula is C13H27N2O4+. The van der Waals surface area contributed by atoms with Crippen LogP contribution in [-0.4, -0.2) is 61.0 Å². The highest BCUT2D eigenvalue weighted by atomic mass is 16.6. The summed E-state index contributed by atoms with van der Waals surface area (Å²) >= 11 is 0. The number of ether oxygens (including phenoxy) is 1. The summed E-state index contributed by atoms with van der Waals surface area (Å²) in [5.74, 6) is -1.03. The van der Waals surface area contributed by atoms with Crippen molar-refractivity contribution in [2.45, 2.75) is 45.3 Å². The minimum absolute atomic E-state index is 0.393. The van der Waals surface area contributed by atoms with E-state index >= 15 is 0 Å². The van der Waals surface area contributed by atoms with Crippen LogP contribution in [0.4, 0.5) is 4.79 Å². The number of carboxylic acids is 1. The lowest BCUT2D eigenvalue weighted by atomic mass is 10.1. The van der Waals surface area contributed by atoms with Crippen LogP contribution in [0.25, 0.3) is 0 Å². The highest BCUT2D eigenvalue weighted by molar-refractivity contribution is 5.79. The second-order valence-electron chi connectivity index (χ2n) is 6.69. The second-order valence-corrected chi connectivity index (χ2v) is 6.69. The third-order valence-electron chi connectivity index (χ3n) is 2.31. The molecule has 0 aliphatic carbocycles. The van der Waals surface area contributed by atoms with E-state index in [4.69, 9.17) is 9.84 Å². The lowest BCUT2D eigenvalue weighted by Crippen LogP contribution is -2.44. The Morgan fingerprint density at radius 1 is 1.26 bits per heavy atom. The van der Waals surface area contributed by atoms with Gasteiger partial charge in [0.05, 0.1) is 27.7 Å². The second kappa shape index (κ2) is 6.75. The molecule has 0 unspecified atom stereocenters. The van der Waals surface area contributed by atoms with E-state index in [1.165, 1.54) is 0 Å². The maximum atomic E-state index is 11.5. The van der Waals surface area contributed by atoms with Crippen molar-refractivity contribution in [2.75, 3.05) is 27.7 Å². The Morgan fingerprint density at radius 2 is 1.79 bits per heavy atom. The minimum atomic E-state index is -1.03. The molecule has 0 aromatic carbocycles. The zero-order valence-electron chi connectivity index (χ0n) is 12.8. The largest absolute Gasteiger partial charge is 0.480 e. The van der Waals surface area contributed by atoms with Crippen LogP contribution in [0.15, 0.2) is 0 Å². The van der Waals surface area contributed by atoms with Gasteiger partial charge < -0.3 is 19.6 Å². The number of amides is 1. The highest BCUT2D eigenvalue weighted by Crippen LogP contribution is 2.08. The lowest BCUT2D eigenvalue weighted by molar-refractivity contribution is -0.870. The third-order valence-corrected chi connectivity index (χ3v) is 2.31. The number of hydrogen-bond acceptors (Lipinski definition) is 3. The van der Waals surface area contributed by atoms with E-state index in [1.54, 1.807) is 20.8 Å². The molecule has 0 aromatic heterocycles. The molecule has 1 atom stereocenters. The van der Waals surface area contributed by atoms with E-state index in [2.05, 4.69) is 5.32 Å². The van der Waals surface area contributed by atoms with Gasteiger partial charge in [-0.15, -0.1) is 0 Å². The Balaban J connectivity index is 4.28. The van der Waals surface area contributed by atoms with Crippen molar-refractivity contribution in [3.8, 4) is 0 Å². The molecule has 0 saturated carbocycles. The van der Waals surface area contributed by atoms with Crippen molar-refractivity contribution in [1.29, 1.82) is 0 Å². The topological polar surface area (TPSA) is 75.6 Å². The molecule has 1 amide bonds. The first-order chi connectivity index (χ1) is 8.41. The van der Waals surface area contributed by atoms with E-state index in [-0.39, 0.29) is 0 Å². The summed E-state index contributed by atoms with van der Waals surface area (Å²) in [6.07, 6.45) is 0.422. The first-order valence-corrected chi connectivity index (χ1v) is 6.43. The Hall–Kier alpha value is -1.30. The molecule has 6 nitrogen and oxygen atoms in total. The van der Waals surface area contributed by atoms with Gasteiger partial charge in [-0.3, -0.25) is 0 Å². The standard InChI is InChI=1S/C13H26N2O4/c1-13(2,3)19-12(18)14-10(11(16)17)8-7-9-15(4,5)6/h10H,7-9H2,1-6H3,(H-,14,16,17,18)/p+1/t10-/m0/s1. The first-order valence-electron chi connectivity index (χ1n) is 6.43. The van der Waals surface area contributed by atoms with E-state index < -0.39 is 23.7 Å². The Morgan fingerprint density at radius 3 is 2.16 bits per heavy atom. The number of hydrogen-bond donors (Lipinski definition) is 2. The van der Waals surface area contributed by atoms with Gasteiger partial charge in [0.15, 0.2) is 0 Å². The fourth-order valence-electron chi connectivity index (χ4n) is 1.48. The molecule has 112 valence electrons. The SMILES string of the molecule is CC(C)(C)OC(=O)N[C@@H](CCC[N+](C)(C)C)C(=O)O. The third kappa shape index (κ3) is 10.3. The average Bonchev–Trinajstić information content (AvgIpc) is 2.10. The number of carbonyl (C=O) groups excluding carboxylic acids is 1. The van der Waals surface area contributed by atoms with Crippen molar-refractivity contribution >= 4 is 12.1 Å². The minimum Gasteiger partial charge on any atom is -0.480 e. The number of aliphatic carboxylic acids is 1. The van der Waals surface area contributed by atoms with Crippen LogP contribution in [0.3, 0.4) is 0 Å². The summed E-state index contributed by atoms with van der Waals surface area (Å²) in [6.45, 7) is 6.05. The summed E-state index contributed by atoms with van der Waals surface area (Å²) in [5.41, 5.74) is -0.630. The van der Waals surface area contributed by atoms with Crippen molar-refractivity contribution in [3.05, 3.63) is 0 Å². The molecule has 0 aliphatic rings. The highest BCUT2D eigenvalue weighted by Gasteiger charge is 2.24. The van der Waals surface area contributed by atoms with Gasteiger partial charge in [0.25, 0.3) is 0 Å². The lowest BCUT2D eigenvalue weighted by Gasteiger charge is -2.25. The normalized spacial score (nSPS) is 13.8. The molecule has 0 aromatic rings. The predicted molar refractivity (Wildman–Crippen MR) is 72.9 cm³/mol. The smallest absolute Gasteiger partial charge is 0.408 e. The summed E-state index contributed by atoms with van der Waals surface area (Å²) < 4.78 is 5.81. The predicted octanol–water partition coefficient (Wildman–Crippen LogP) is 1.45. The number of rotatable bonds is 6. The fourth-order valence-corrected chi connectivity index (χ4v) is 1.48. The fraction of sp³-hybridized carbons (Fsp3) is 0.846. The van der Waals surface area contributed by atoms with E-state index in [0.717, 1.165) is 17.4 Å². The van der Waals surface area contributed by atoms with Gasteiger partial charge in [-0.2, -0.15) is 0 Å². The summed E-state index contributed by atoms with van der Waals surface area (Å²) in [5, 5.41) is 11.5. The van der Waals surface area contributed by atoms with Crippen molar-refractivity contribution in [3.63, 3.8) is 0 Å². The molecular weight excluding hydrogens is 248 g/mol. The number of carbonyl (C=O) groups is 2. The van der Waals surface area contributed by atoms with Crippen LogP contribution in [0.2, 0.25) is 0 Å². The molecule has 0 saturated heterocycles. The molecule has 2 N–H and O–H groups in total. The summed E-state index contributed by atoms with van der Waals surface area (Å²) in [4.78, 5) is 22.6. The molecule has 0 fully saturated rings. The van der Waals surface area contributed by atoms with Gasteiger partial charge in [0, 0.05) is 0 Å². The van der Waals surface area contributed by atoms with Crippen LogP contribution in [0.1, 0.15) is 33.6 Å². The van der Waals surface area contributed by atoms with Crippen molar-refractivity contribution in [2.24, 2.45) is 0 Å². The first kappa shape index (κ1) is 17.7. The average molecular weight is 275 g/mol. The zero-order chi connectivity index (χ0) is 15.3. The van der Waals surface area contributed by atoms with E-state index in [1.807, 2.05) is 21.1 Å². The number of nitrogens with one attached hydrogen (secondary N) is 1. The quantitative estimate of drug-likeness (QED) is 0.719. The molecule has 0 radical (unpaired) electrons. The van der Waals surface area contributed by atoms with Crippen molar-refractivity contribution < 1.29 is 23.9 Å². The monoisotopic (exact) mass is 275 g/mol. The maximum absolute atomic E-state index is 11.5. The Kier molecular flexibility index (Phi) is 6.29. The molecule has 0 heterocycles. The summed E-state index contributed by atoms with van der Waals surface area (Å²) in [6, 6.07) is -0.901. The molecule has 0 bridgehead atoms. The van der Waals surface area contributed by atoms with Gasteiger partial charge in [0.1, 0.15) is 11.6 Å². The van der Waals surface area contributed by atoms with Gasteiger partial charge >= 0.3 is 12.1 Å². The number of quaternary nitrogens is 1. The van der Waals surface area contributed by atoms with Crippen LogP contribution in [-0.2, 0) is 9.53 Å². The molecule has 6 heteroatoms. The van der Waals surface area contributed by atoms with Crippen LogP contribution < -0.4 is 5.32 Å². The van der Waals surface area contributed by atoms with Crippen LogP contribution >= 0.6 is 0 Å². The van der Waals surface area contributed by atoms with E-state index in [9.17, 15) is 9.59 Å². The van der Waals surface area contributed by atoms with Gasteiger partial charge in [-0.25, -0.2) is 9.59 Å². The Bertz CT molecular complexity index is 316. The molecule has 0 aliphatic heterocycles. The number of carboxylic acid groups (broad SMARTS) is 1. The number of nitrogens with zero attached hydrogens (tertiary/aromatic N) is 1. The molecule has 19 heavy (non-hydrogen) atoms. The molecule has 0 rings (SSSR count). The maximum Gasteiger partial charge on any atom is 0.408 e. The zero-order valence-corrected chi connectivity index (χ0v) is 12.8. The Labute approximate surface area is 115 Å². The van der Waals surface area contributed by atoms with Crippen LogP contribution in [0, 0.1) is 0 Å². The van der Waals surface area contributed by atoms with Gasteiger partial charge in [0.2, 0.25) is 0 Å². The summed E-state index contributed by atoms with van der Waals surface area (Å²) in [7, 11) is 6.12. The molecule has 0 spiro atoms. The van der Waals surface area contributed by atoms with Gasteiger partial charge in [-0.1, -0.05) is 0 Å². The number of alkyl carbamates (subject to hydrolysis) is 1.